The van der Waals surface area contributed by atoms with Gasteiger partial charge in [0.25, 0.3) is 0 Å². The average molecular weight is 234 g/mol. The van der Waals surface area contributed by atoms with Crippen molar-refractivity contribution in [1.82, 2.24) is 4.57 Å². The summed E-state index contributed by atoms with van der Waals surface area (Å²) in [7, 11) is 0. The van der Waals surface area contributed by atoms with Crippen LogP contribution in [0.2, 0.25) is 0 Å². The van der Waals surface area contributed by atoms with Gasteiger partial charge < -0.3 is 10.2 Å². The summed E-state index contributed by atoms with van der Waals surface area (Å²) >= 11 is 0. The SMILES string of the molecule is CCn1c(=O)oc2ccc(CCCCN)cc21. The first-order valence-electron chi connectivity index (χ1n) is 6.08. The van der Waals surface area contributed by atoms with Crippen LogP contribution in [0.25, 0.3) is 11.1 Å². The predicted octanol–water partition coefficient (Wildman–Crippen LogP) is 1.90. The van der Waals surface area contributed by atoms with Gasteiger partial charge in [0.1, 0.15) is 0 Å². The van der Waals surface area contributed by atoms with Crippen molar-refractivity contribution in [2.75, 3.05) is 6.54 Å². The zero-order valence-corrected chi connectivity index (χ0v) is 10.1. The van der Waals surface area contributed by atoms with Crippen LogP contribution >= 0.6 is 0 Å². The Morgan fingerprint density at radius 2 is 2.18 bits per heavy atom. The lowest BCUT2D eigenvalue weighted by atomic mass is 10.1. The molecule has 0 aliphatic heterocycles. The summed E-state index contributed by atoms with van der Waals surface area (Å²) in [6, 6.07) is 5.93. The van der Waals surface area contributed by atoms with E-state index in [9.17, 15) is 4.79 Å². The maximum absolute atomic E-state index is 11.5. The average Bonchev–Trinajstić information content (AvgIpc) is 2.64. The maximum atomic E-state index is 11.5. The molecule has 0 spiro atoms. The molecule has 2 aromatic rings. The fourth-order valence-electron chi connectivity index (χ4n) is 2.04. The molecule has 2 N–H and O–H groups in total. The van der Waals surface area contributed by atoms with Gasteiger partial charge in [-0.2, -0.15) is 0 Å². The van der Waals surface area contributed by atoms with Gasteiger partial charge in [0.15, 0.2) is 5.58 Å². The van der Waals surface area contributed by atoms with Crippen LogP contribution in [-0.2, 0) is 13.0 Å². The van der Waals surface area contributed by atoms with Crippen molar-refractivity contribution in [1.29, 1.82) is 0 Å². The second kappa shape index (κ2) is 5.19. The molecule has 0 radical (unpaired) electrons. The van der Waals surface area contributed by atoms with Crippen molar-refractivity contribution in [3.63, 3.8) is 0 Å². The first-order valence-corrected chi connectivity index (χ1v) is 6.08. The standard InChI is InChI=1S/C13H18N2O2/c1-2-15-11-9-10(5-3-4-8-14)6-7-12(11)17-13(15)16/h6-7,9H,2-5,8,14H2,1H3. The minimum atomic E-state index is -0.276. The van der Waals surface area contributed by atoms with Gasteiger partial charge in [-0.25, -0.2) is 4.79 Å². The zero-order valence-electron chi connectivity index (χ0n) is 10.1. The van der Waals surface area contributed by atoms with Crippen LogP contribution in [0, 0.1) is 0 Å². The molecule has 1 heterocycles. The summed E-state index contributed by atoms with van der Waals surface area (Å²) in [6.07, 6.45) is 3.11. The van der Waals surface area contributed by atoms with Crippen molar-refractivity contribution in [3.8, 4) is 0 Å². The number of hydrogen-bond acceptors (Lipinski definition) is 3. The van der Waals surface area contributed by atoms with E-state index in [1.54, 1.807) is 4.57 Å². The summed E-state index contributed by atoms with van der Waals surface area (Å²) in [5, 5.41) is 0. The van der Waals surface area contributed by atoms with Crippen molar-refractivity contribution >= 4 is 11.1 Å². The Morgan fingerprint density at radius 3 is 2.88 bits per heavy atom. The second-order valence-electron chi connectivity index (χ2n) is 4.16. The molecule has 4 heteroatoms. The lowest BCUT2D eigenvalue weighted by Crippen LogP contribution is -2.12. The number of oxazole rings is 1. The Balaban J connectivity index is 2.32. The fraction of sp³-hybridized carbons (Fsp3) is 0.462. The van der Waals surface area contributed by atoms with Crippen LogP contribution in [0.5, 0.6) is 0 Å². The van der Waals surface area contributed by atoms with Crippen LogP contribution in [0.15, 0.2) is 27.4 Å². The third kappa shape index (κ3) is 2.42. The van der Waals surface area contributed by atoms with E-state index < -0.39 is 0 Å². The number of nitrogens with two attached hydrogens (primary N) is 1. The van der Waals surface area contributed by atoms with Gasteiger partial charge in [0.2, 0.25) is 0 Å². The van der Waals surface area contributed by atoms with Gasteiger partial charge in [-0.1, -0.05) is 6.07 Å². The molecule has 0 bridgehead atoms. The van der Waals surface area contributed by atoms with E-state index in [1.165, 1.54) is 5.56 Å². The zero-order chi connectivity index (χ0) is 12.3. The minimum absolute atomic E-state index is 0.276. The predicted molar refractivity (Wildman–Crippen MR) is 68.1 cm³/mol. The van der Waals surface area contributed by atoms with E-state index in [0.717, 1.165) is 31.3 Å². The highest BCUT2D eigenvalue weighted by molar-refractivity contribution is 5.73. The van der Waals surface area contributed by atoms with E-state index in [-0.39, 0.29) is 5.76 Å². The van der Waals surface area contributed by atoms with Gasteiger partial charge in [0, 0.05) is 6.54 Å². The number of rotatable bonds is 5. The third-order valence-electron chi connectivity index (χ3n) is 2.97. The van der Waals surface area contributed by atoms with Crippen LogP contribution in [0.3, 0.4) is 0 Å². The summed E-state index contributed by atoms with van der Waals surface area (Å²) in [6.45, 7) is 3.31. The first-order chi connectivity index (χ1) is 8.26. The molecule has 0 fully saturated rings. The second-order valence-corrected chi connectivity index (χ2v) is 4.16. The molecular weight excluding hydrogens is 216 g/mol. The fourth-order valence-corrected chi connectivity index (χ4v) is 2.04. The molecule has 0 amide bonds. The molecule has 4 nitrogen and oxygen atoms in total. The number of aromatic nitrogens is 1. The molecule has 0 unspecified atom stereocenters. The summed E-state index contributed by atoms with van der Waals surface area (Å²) in [5.41, 5.74) is 8.26. The lowest BCUT2D eigenvalue weighted by Gasteiger charge is -2.01. The molecule has 0 saturated heterocycles. The molecular formula is C13H18N2O2. The summed E-state index contributed by atoms with van der Waals surface area (Å²) in [5.74, 6) is -0.276. The topological polar surface area (TPSA) is 61.2 Å². The number of fused-ring (bicyclic) bond motifs is 1. The van der Waals surface area contributed by atoms with Crippen LogP contribution in [0.4, 0.5) is 0 Å². The van der Waals surface area contributed by atoms with E-state index in [2.05, 4.69) is 0 Å². The number of aryl methyl sites for hydroxylation is 2. The minimum Gasteiger partial charge on any atom is -0.408 e. The molecule has 2 rings (SSSR count). The van der Waals surface area contributed by atoms with E-state index in [0.29, 0.717) is 12.1 Å². The Kier molecular flexibility index (Phi) is 3.64. The highest BCUT2D eigenvalue weighted by atomic mass is 16.4. The molecule has 1 aromatic heterocycles. The van der Waals surface area contributed by atoms with Crippen molar-refractivity contribution in [2.45, 2.75) is 32.7 Å². The van der Waals surface area contributed by atoms with Crippen molar-refractivity contribution < 1.29 is 4.42 Å². The Bertz CT molecular complexity index is 554. The van der Waals surface area contributed by atoms with Crippen molar-refractivity contribution in [3.05, 3.63) is 34.3 Å². The van der Waals surface area contributed by atoms with Gasteiger partial charge in [-0.05, 0) is 50.4 Å². The molecule has 17 heavy (non-hydrogen) atoms. The monoisotopic (exact) mass is 234 g/mol. The highest BCUT2D eigenvalue weighted by Gasteiger charge is 2.07. The van der Waals surface area contributed by atoms with Crippen LogP contribution in [0.1, 0.15) is 25.3 Å². The molecule has 0 aliphatic carbocycles. The Hall–Kier alpha value is -1.55. The number of hydrogen-bond donors (Lipinski definition) is 1. The van der Waals surface area contributed by atoms with Gasteiger partial charge in [0.05, 0.1) is 5.52 Å². The van der Waals surface area contributed by atoms with Crippen LogP contribution in [-0.4, -0.2) is 11.1 Å². The van der Waals surface area contributed by atoms with Gasteiger partial charge in [-0.3, -0.25) is 4.57 Å². The molecule has 92 valence electrons. The number of nitrogens with zero attached hydrogens (tertiary/aromatic N) is 1. The Morgan fingerprint density at radius 1 is 1.35 bits per heavy atom. The third-order valence-corrected chi connectivity index (χ3v) is 2.97. The van der Waals surface area contributed by atoms with Crippen LogP contribution < -0.4 is 11.5 Å². The van der Waals surface area contributed by atoms with E-state index in [1.807, 2.05) is 25.1 Å². The largest absolute Gasteiger partial charge is 0.419 e. The highest BCUT2D eigenvalue weighted by Crippen LogP contribution is 2.16. The lowest BCUT2D eigenvalue weighted by molar-refractivity contribution is 0.513. The molecule has 0 aliphatic rings. The first kappa shape index (κ1) is 11.9. The molecule has 0 atom stereocenters. The number of benzene rings is 1. The smallest absolute Gasteiger partial charge is 0.408 e. The maximum Gasteiger partial charge on any atom is 0.419 e. The van der Waals surface area contributed by atoms with E-state index >= 15 is 0 Å². The quantitative estimate of drug-likeness (QED) is 0.804. The normalized spacial score (nSPS) is 11.2. The summed E-state index contributed by atoms with van der Waals surface area (Å²) < 4.78 is 6.81. The Labute approximate surface area is 100 Å². The van der Waals surface area contributed by atoms with Gasteiger partial charge in [-0.15, -0.1) is 0 Å². The molecule has 0 saturated carbocycles. The van der Waals surface area contributed by atoms with E-state index in [4.69, 9.17) is 10.2 Å². The van der Waals surface area contributed by atoms with Gasteiger partial charge >= 0.3 is 5.76 Å². The van der Waals surface area contributed by atoms with Crippen molar-refractivity contribution in [2.24, 2.45) is 5.73 Å². The summed E-state index contributed by atoms with van der Waals surface area (Å²) in [4.78, 5) is 11.5. The molecule has 1 aromatic carbocycles. The number of unbranched alkanes of at least 4 members (excludes halogenated alkanes) is 1.